The molecule has 0 radical (unpaired) electrons. The van der Waals surface area contributed by atoms with Crippen molar-refractivity contribution in [2.45, 2.75) is 11.8 Å². The normalized spacial score (nSPS) is 13.1. The molecule has 150 valence electrons. The molecule has 1 aliphatic rings. The average Bonchev–Trinajstić information content (AvgIpc) is 2.78. The molecule has 6 nitrogen and oxygen atoms in total. The van der Waals surface area contributed by atoms with Gasteiger partial charge in [-0.2, -0.15) is 5.26 Å². The van der Waals surface area contributed by atoms with Crippen molar-refractivity contribution in [3.05, 3.63) is 77.9 Å². The highest BCUT2D eigenvalue weighted by molar-refractivity contribution is 7.92. The molecule has 30 heavy (non-hydrogen) atoms. The zero-order chi connectivity index (χ0) is 21.3. The van der Waals surface area contributed by atoms with Gasteiger partial charge in [0.1, 0.15) is 12.4 Å². The Morgan fingerprint density at radius 1 is 1.00 bits per heavy atom. The van der Waals surface area contributed by atoms with E-state index < -0.39 is 10.0 Å². The van der Waals surface area contributed by atoms with Crippen LogP contribution in [0, 0.1) is 11.3 Å². The molecular formula is C23H18N2O4S. The van der Waals surface area contributed by atoms with E-state index in [4.69, 9.17) is 10.00 Å². The van der Waals surface area contributed by atoms with Crippen molar-refractivity contribution in [2.75, 3.05) is 17.5 Å². The lowest BCUT2D eigenvalue weighted by atomic mass is 10.0. The van der Waals surface area contributed by atoms with Crippen molar-refractivity contribution < 1.29 is 17.9 Å². The summed E-state index contributed by atoms with van der Waals surface area (Å²) in [5, 5.41) is 8.98. The first kappa shape index (κ1) is 19.7. The predicted molar refractivity (Wildman–Crippen MR) is 113 cm³/mol. The van der Waals surface area contributed by atoms with E-state index in [-0.39, 0.29) is 23.8 Å². The summed E-state index contributed by atoms with van der Waals surface area (Å²) in [5.74, 6) is 0.366. The molecule has 0 fully saturated rings. The van der Waals surface area contributed by atoms with Crippen molar-refractivity contribution in [1.29, 1.82) is 5.26 Å². The van der Waals surface area contributed by atoms with Crippen LogP contribution in [0.4, 0.5) is 5.69 Å². The fraction of sp³-hybridized carbons (Fsp3) is 0.130. The van der Waals surface area contributed by atoms with Gasteiger partial charge in [0.2, 0.25) is 0 Å². The molecule has 0 amide bonds. The third-order valence-corrected chi connectivity index (χ3v) is 6.80. The molecule has 0 aromatic heterocycles. The highest BCUT2D eigenvalue weighted by atomic mass is 32.2. The zero-order valence-corrected chi connectivity index (χ0v) is 17.0. The van der Waals surface area contributed by atoms with Gasteiger partial charge >= 0.3 is 0 Å². The smallest absolute Gasteiger partial charge is 0.264 e. The minimum atomic E-state index is -3.83. The van der Waals surface area contributed by atoms with E-state index in [9.17, 15) is 13.2 Å². The number of ether oxygens (including phenoxy) is 1. The standard InChI is InChI=1S/C23H18N2O4S/c1-16(26)18-6-9-21(10-7-18)30(27,28)25-12-13-29-23-11-8-20(14-22(23)25)19-4-2-17(15-24)3-5-19/h2-11,14H,12-13H2,1H3. The molecule has 4 rings (SSSR count). The number of hydrogen-bond acceptors (Lipinski definition) is 5. The van der Waals surface area contributed by atoms with Crippen LogP contribution in [0.15, 0.2) is 71.6 Å². The number of carbonyl (C=O) groups is 1. The summed E-state index contributed by atoms with van der Waals surface area (Å²) in [6, 6.07) is 20.5. The number of nitriles is 1. The van der Waals surface area contributed by atoms with Crippen LogP contribution in [0.1, 0.15) is 22.8 Å². The molecule has 1 heterocycles. The Balaban J connectivity index is 1.75. The highest BCUT2D eigenvalue weighted by Gasteiger charge is 2.30. The van der Waals surface area contributed by atoms with Gasteiger partial charge in [-0.15, -0.1) is 0 Å². The van der Waals surface area contributed by atoms with Crippen LogP contribution in [-0.2, 0) is 10.0 Å². The molecular weight excluding hydrogens is 400 g/mol. The monoisotopic (exact) mass is 418 g/mol. The first-order valence-electron chi connectivity index (χ1n) is 9.31. The van der Waals surface area contributed by atoms with Crippen molar-refractivity contribution in [3.8, 4) is 22.9 Å². The highest BCUT2D eigenvalue weighted by Crippen LogP contribution is 2.38. The number of nitrogens with zero attached hydrogens (tertiary/aromatic N) is 2. The summed E-state index contributed by atoms with van der Waals surface area (Å²) >= 11 is 0. The molecule has 3 aromatic rings. The maximum atomic E-state index is 13.3. The van der Waals surface area contributed by atoms with E-state index in [1.807, 2.05) is 18.2 Å². The number of benzene rings is 3. The topological polar surface area (TPSA) is 87.5 Å². The lowest BCUT2D eigenvalue weighted by Gasteiger charge is -2.31. The quantitative estimate of drug-likeness (QED) is 0.597. The second-order valence-corrected chi connectivity index (χ2v) is 8.74. The maximum absolute atomic E-state index is 13.3. The van der Waals surface area contributed by atoms with E-state index in [2.05, 4.69) is 6.07 Å². The molecule has 1 aliphatic heterocycles. The van der Waals surface area contributed by atoms with Crippen molar-refractivity contribution in [2.24, 2.45) is 0 Å². The van der Waals surface area contributed by atoms with E-state index in [0.717, 1.165) is 11.1 Å². The molecule has 0 N–H and O–H groups in total. The van der Waals surface area contributed by atoms with Crippen LogP contribution >= 0.6 is 0 Å². The lowest BCUT2D eigenvalue weighted by molar-refractivity contribution is 0.101. The second kappa shape index (κ2) is 7.65. The van der Waals surface area contributed by atoms with E-state index >= 15 is 0 Å². The van der Waals surface area contributed by atoms with Gasteiger partial charge in [-0.1, -0.05) is 30.3 Å². The largest absolute Gasteiger partial charge is 0.489 e. The number of hydrogen-bond donors (Lipinski definition) is 0. The minimum Gasteiger partial charge on any atom is -0.489 e. The molecule has 0 unspecified atom stereocenters. The molecule has 0 spiro atoms. The van der Waals surface area contributed by atoms with Crippen molar-refractivity contribution >= 4 is 21.5 Å². The number of rotatable bonds is 4. The molecule has 0 bridgehead atoms. The van der Waals surface area contributed by atoms with Crippen molar-refractivity contribution in [3.63, 3.8) is 0 Å². The third-order valence-electron chi connectivity index (χ3n) is 4.98. The van der Waals surface area contributed by atoms with Gasteiger partial charge in [-0.3, -0.25) is 9.10 Å². The Morgan fingerprint density at radius 2 is 1.67 bits per heavy atom. The Morgan fingerprint density at radius 3 is 2.30 bits per heavy atom. The van der Waals surface area contributed by atoms with E-state index in [1.165, 1.54) is 35.5 Å². The number of carbonyl (C=O) groups excluding carboxylic acids is 1. The zero-order valence-electron chi connectivity index (χ0n) is 16.2. The molecule has 3 aromatic carbocycles. The Kier molecular flexibility index (Phi) is 5.02. The number of anilines is 1. The summed E-state index contributed by atoms with van der Waals surface area (Å²) in [7, 11) is -3.83. The van der Waals surface area contributed by atoms with Crippen LogP contribution in [0.5, 0.6) is 5.75 Å². The number of sulfonamides is 1. The Bertz CT molecular complexity index is 1260. The maximum Gasteiger partial charge on any atom is 0.264 e. The molecule has 0 saturated carbocycles. The van der Waals surface area contributed by atoms with Gasteiger partial charge in [0, 0.05) is 5.56 Å². The summed E-state index contributed by atoms with van der Waals surface area (Å²) in [5.41, 5.74) is 3.15. The number of fused-ring (bicyclic) bond motifs is 1. The second-order valence-electron chi connectivity index (χ2n) is 6.88. The van der Waals surface area contributed by atoms with Gasteiger partial charge in [-0.05, 0) is 54.4 Å². The van der Waals surface area contributed by atoms with Gasteiger partial charge in [0.25, 0.3) is 10.0 Å². The molecule has 0 aliphatic carbocycles. The summed E-state index contributed by atoms with van der Waals surface area (Å²) in [6.07, 6.45) is 0. The SMILES string of the molecule is CC(=O)c1ccc(S(=O)(=O)N2CCOc3ccc(-c4ccc(C#N)cc4)cc32)cc1. The van der Waals surface area contributed by atoms with E-state index in [0.29, 0.717) is 22.6 Å². The Labute approximate surface area is 175 Å². The summed E-state index contributed by atoms with van der Waals surface area (Å²) in [4.78, 5) is 11.6. The van der Waals surface area contributed by atoms with Gasteiger partial charge in [0.15, 0.2) is 5.78 Å². The van der Waals surface area contributed by atoms with E-state index in [1.54, 1.807) is 24.3 Å². The molecule has 0 atom stereocenters. The fourth-order valence-electron chi connectivity index (χ4n) is 3.35. The van der Waals surface area contributed by atoms with Crippen LogP contribution < -0.4 is 9.04 Å². The Hall–Kier alpha value is -3.63. The average molecular weight is 418 g/mol. The third kappa shape index (κ3) is 3.53. The van der Waals surface area contributed by atoms with Gasteiger partial charge < -0.3 is 4.74 Å². The van der Waals surface area contributed by atoms with Gasteiger partial charge in [-0.25, -0.2) is 8.42 Å². The first-order valence-corrected chi connectivity index (χ1v) is 10.8. The minimum absolute atomic E-state index is 0.115. The van der Waals surface area contributed by atoms with Crippen LogP contribution in [0.3, 0.4) is 0 Å². The van der Waals surface area contributed by atoms with Crippen LogP contribution in [0.2, 0.25) is 0 Å². The molecule has 0 saturated heterocycles. The first-order chi connectivity index (χ1) is 14.4. The number of Topliss-reactive ketones (excluding diaryl/α,β-unsaturated/α-hetero) is 1. The van der Waals surface area contributed by atoms with Crippen LogP contribution in [0.25, 0.3) is 11.1 Å². The van der Waals surface area contributed by atoms with Crippen LogP contribution in [-0.4, -0.2) is 27.4 Å². The van der Waals surface area contributed by atoms with Gasteiger partial charge in [0.05, 0.1) is 28.8 Å². The fourth-order valence-corrected chi connectivity index (χ4v) is 4.80. The van der Waals surface area contributed by atoms with Crippen molar-refractivity contribution in [1.82, 2.24) is 0 Å². The number of ketones is 1. The summed E-state index contributed by atoms with van der Waals surface area (Å²) < 4.78 is 33.6. The molecule has 7 heteroatoms. The summed E-state index contributed by atoms with van der Waals surface area (Å²) in [6.45, 7) is 1.86. The predicted octanol–water partition coefficient (Wildman–Crippen LogP) is 4.02. The lowest BCUT2D eigenvalue weighted by Crippen LogP contribution is -2.37.